The quantitative estimate of drug-likeness (QED) is 0.246. The lowest BCUT2D eigenvalue weighted by atomic mass is 10.0. The van der Waals surface area contributed by atoms with Gasteiger partial charge in [0.1, 0.15) is 6.10 Å². The van der Waals surface area contributed by atoms with Crippen LogP contribution in [0.25, 0.3) is 0 Å². The monoisotopic (exact) mass is 372 g/mol. The minimum absolute atomic E-state index is 0.107. The number of carbonyl (C=O) groups excluding carboxylic acids is 1. The maximum Gasteiger partial charge on any atom is 0.308 e. The number of hydrogen-bond acceptors (Lipinski definition) is 3. The molecule has 1 heterocycles. The summed E-state index contributed by atoms with van der Waals surface area (Å²) in [4.78, 5) is 11.3. The van der Waals surface area contributed by atoms with Gasteiger partial charge in [-0.25, -0.2) is 0 Å². The van der Waals surface area contributed by atoms with Crippen molar-refractivity contribution in [2.75, 3.05) is 0 Å². The first-order valence-electron chi connectivity index (χ1n) is 10.3. The Kier molecular flexibility index (Phi) is 14.0. The number of ether oxygens (including phenoxy) is 1. The fourth-order valence-electron chi connectivity index (χ4n) is 2.87. The van der Waals surface area contributed by atoms with Crippen LogP contribution in [0.4, 0.5) is 0 Å². The zero-order valence-electron chi connectivity index (χ0n) is 16.8. The predicted molar refractivity (Wildman–Crippen MR) is 113 cm³/mol. The van der Waals surface area contributed by atoms with Crippen LogP contribution in [0.1, 0.15) is 71.1 Å². The van der Waals surface area contributed by atoms with Crippen molar-refractivity contribution >= 4 is 5.97 Å². The van der Waals surface area contributed by atoms with E-state index in [4.69, 9.17) is 4.74 Å². The van der Waals surface area contributed by atoms with Crippen molar-refractivity contribution < 1.29 is 14.6 Å². The van der Waals surface area contributed by atoms with Gasteiger partial charge in [-0.2, -0.15) is 0 Å². The minimum atomic E-state index is -0.523. The third-order valence-corrected chi connectivity index (χ3v) is 4.29. The third kappa shape index (κ3) is 13.9. The van der Waals surface area contributed by atoms with Gasteiger partial charge in [0.2, 0.25) is 0 Å². The van der Waals surface area contributed by atoms with Gasteiger partial charge in [0.25, 0.3) is 0 Å². The Bertz CT molecular complexity index is 526. The van der Waals surface area contributed by atoms with Crippen LogP contribution < -0.4 is 0 Å². The molecule has 0 saturated carbocycles. The van der Waals surface area contributed by atoms with Crippen LogP contribution in [0.3, 0.4) is 0 Å². The maximum atomic E-state index is 11.3. The van der Waals surface area contributed by atoms with Gasteiger partial charge in [0, 0.05) is 6.42 Å². The smallest absolute Gasteiger partial charge is 0.308 e. The first-order valence-corrected chi connectivity index (χ1v) is 10.3. The Morgan fingerprint density at radius 2 is 1.41 bits per heavy atom. The molecular formula is C24H36O3. The van der Waals surface area contributed by atoms with Crippen molar-refractivity contribution in [3.8, 4) is 0 Å². The highest BCUT2D eigenvalue weighted by Gasteiger charge is 2.26. The maximum absolute atomic E-state index is 11.3. The number of allylic oxidation sites excluding steroid dienone is 10. The molecule has 3 nitrogen and oxygen atoms in total. The average molecular weight is 373 g/mol. The summed E-state index contributed by atoms with van der Waals surface area (Å²) in [6.45, 7) is 2.15. The summed E-state index contributed by atoms with van der Waals surface area (Å²) in [6.07, 6.45) is 29.9. The molecule has 0 unspecified atom stereocenters. The van der Waals surface area contributed by atoms with Gasteiger partial charge in [-0.3, -0.25) is 4.79 Å². The largest absolute Gasteiger partial charge is 0.462 e. The van der Waals surface area contributed by atoms with E-state index in [9.17, 15) is 9.90 Å². The highest BCUT2D eigenvalue weighted by molar-refractivity contribution is 5.70. The zero-order chi connectivity index (χ0) is 19.6. The van der Waals surface area contributed by atoms with Gasteiger partial charge in [-0.15, -0.1) is 0 Å². The number of aliphatic hydroxyl groups excluding tert-OH is 1. The summed E-state index contributed by atoms with van der Waals surface area (Å²) >= 11 is 0. The van der Waals surface area contributed by atoms with Crippen molar-refractivity contribution in [1.29, 1.82) is 0 Å². The second-order valence-electron chi connectivity index (χ2n) is 6.84. The molecule has 1 aliphatic heterocycles. The normalized spacial score (nSPS) is 21.5. The average Bonchev–Trinajstić information content (AvgIpc) is 2.63. The number of unbranched alkanes of at least 4 members (excludes halogenated alkanes) is 1. The van der Waals surface area contributed by atoms with E-state index in [-0.39, 0.29) is 18.5 Å². The molecule has 3 heteroatoms. The molecule has 0 aromatic carbocycles. The van der Waals surface area contributed by atoms with Gasteiger partial charge >= 0.3 is 5.97 Å². The van der Waals surface area contributed by atoms with E-state index in [1.165, 1.54) is 0 Å². The Hall–Kier alpha value is -1.87. The molecule has 1 saturated heterocycles. The van der Waals surface area contributed by atoms with Gasteiger partial charge < -0.3 is 9.84 Å². The Morgan fingerprint density at radius 3 is 1.93 bits per heavy atom. The topological polar surface area (TPSA) is 46.5 Å². The molecule has 0 aromatic rings. The Balaban J connectivity index is 1.96. The van der Waals surface area contributed by atoms with Crippen LogP contribution >= 0.6 is 0 Å². The molecule has 0 amide bonds. The fourth-order valence-corrected chi connectivity index (χ4v) is 2.87. The first kappa shape index (κ1) is 23.2. The van der Waals surface area contributed by atoms with E-state index in [1.807, 2.05) is 0 Å². The molecule has 1 N–H and O–H groups in total. The molecule has 2 atom stereocenters. The number of rotatable bonds is 13. The molecule has 0 spiro atoms. The SMILES string of the molecule is CCC=CCC=CCC=CCC=CCC=CCCC[C@@H]1C[C@@H](O)CC(=O)O1. The van der Waals surface area contributed by atoms with Gasteiger partial charge in [-0.05, 0) is 51.4 Å². The van der Waals surface area contributed by atoms with Gasteiger partial charge in [0.15, 0.2) is 0 Å². The third-order valence-electron chi connectivity index (χ3n) is 4.29. The number of cyclic esters (lactones) is 1. The predicted octanol–water partition coefficient (Wildman–Crippen LogP) is 5.97. The molecular weight excluding hydrogens is 336 g/mol. The van der Waals surface area contributed by atoms with Crippen molar-refractivity contribution in [2.45, 2.75) is 83.3 Å². The van der Waals surface area contributed by atoms with Crippen molar-refractivity contribution in [1.82, 2.24) is 0 Å². The van der Waals surface area contributed by atoms with Gasteiger partial charge in [-0.1, -0.05) is 67.7 Å². The fraction of sp³-hybridized carbons (Fsp3) is 0.542. The van der Waals surface area contributed by atoms with Crippen molar-refractivity contribution in [3.63, 3.8) is 0 Å². The van der Waals surface area contributed by atoms with E-state index >= 15 is 0 Å². The summed E-state index contributed by atoms with van der Waals surface area (Å²) in [6, 6.07) is 0. The van der Waals surface area contributed by atoms with Gasteiger partial charge in [0.05, 0.1) is 12.5 Å². The molecule has 0 radical (unpaired) electrons. The molecule has 1 fully saturated rings. The first-order chi connectivity index (χ1) is 13.2. The van der Waals surface area contributed by atoms with E-state index < -0.39 is 6.10 Å². The lowest BCUT2D eigenvalue weighted by Crippen LogP contribution is -2.32. The van der Waals surface area contributed by atoms with E-state index in [0.717, 1.165) is 51.4 Å². The second kappa shape index (κ2) is 16.3. The standard InChI is InChI=1S/C24H36O3/c1-2-3-4-5-6-7-8-9-10-11-12-13-14-15-16-17-18-19-23-20-22(25)21-24(26)27-23/h3-4,6-7,9-10,12-13,15-16,22-23,25H,2,5,8,11,14,17-21H2,1H3/t22-,23-/m1/s1. The summed E-state index contributed by atoms with van der Waals surface area (Å²) in [5.74, 6) is -0.270. The van der Waals surface area contributed by atoms with E-state index in [0.29, 0.717) is 6.42 Å². The summed E-state index contributed by atoms with van der Waals surface area (Å²) in [7, 11) is 0. The molecule has 27 heavy (non-hydrogen) atoms. The summed E-state index contributed by atoms with van der Waals surface area (Å²) in [5.41, 5.74) is 0. The van der Waals surface area contributed by atoms with Crippen molar-refractivity contribution in [2.24, 2.45) is 0 Å². The minimum Gasteiger partial charge on any atom is -0.462 e. The molecule has 0 aromatic heterocycles. The van der Waals surface area contributed by atoms with Crippen LogP contribution in [0, 0.1) is 0 Å². The highest BCUT2D eigenvalue weighted by Crippen LogP contribution is 2.19. The number of esters is 1. The summed E-state index contributed by atoms with van der Waals surface area (Å²) in [5, 5.41) is 9.56. The van der Waals surface area contributed by atoms with Crippen LogP contribution in [-0.4, -0.2) is 23.3 Å². The summed E-state index contributed by atoms with van der Waals surface area (Å²) < 4.78 is 5.24. The van der Waals surface area contributed by atoms with Crippen LogP contribution in [-0.2, 0) is 9.53 Å². The van der Waals surface area contributed by atoms with E-state index in [1.54, 1.807) is 0 Å². The number of aliphatic hydroxyl groups is 1. The number of hydrogen-bond donors (Lipinski definition) is 1. The van der Waals surface area contributed by atoms with Crippen LogP contribution in [0.2, 0.25) is 0 Å². The molecule has 1 aliphatic rings. The second-order valence-corrected chi connectivity index (χ2v) is 6.84. The van der Waals surface area contributed by atoms with Crippen molar-refractivity contribution in [3.05, 3.63) is 60.8 Å². The number of carbonyl (C=O) groups is 1. The lowest BCUT2D eigenvalue weighted by Gasteiger charge is -2.25. The zero-order valence-corrected chi connectivity index (χ0v) is 16.8. The Labute approximate surface area is 165 Å². The lowest BCUT2D eigenvalue weighted by molar-refractivity contribution is -0.160. The molecule has 150 valence electrons. The Morgan fingerprint density at radius 1 is 0.889 bits per heavy atom. The van der Waals surface area contributed by atoms with Crippen LogP contribution in [0.5, 0.6) is 0 Å². The molecule has 0 bridgehead atoms. The highest BCUT2D eigenvalue weighted by atomic mass is 16.5. The molecule has 1 rings (SSSR count). The molecule has 0 aliphatic carbocycles. The van der Waals surface area contributed by atoms with E-state index in [2.05, 4.69) is 67.7 Å². The van der Waals surface area contributed by atoms with Crippen LogP contribution in [0.15, 0.2) is 60.8 Å².